The molecule has 0 radical (unpaired) electrons. The number of carbonyl (C=O) groups is 1. The van der Waals surface area contributed by atoms with Gasteiger partial charge in [0.15, 0.2) is 5.65 Å². The van der Waals surface area contributed by atoms with Gasteiger partial charge in [0.25, 0.3) is 0 Å². The van der Waals surface area contributed by atoms with Crippen LogP contribution in [0.3, 0.4) is 0 Å². The van der Waals surface area contributed by atoms with E-state index in [1.165, 1.54) is 11.3 Å². The fourth-order valence-corrected chi connectivity index (χ4v) is 3.38. The number of benzene rings is 1. The molecule has 0 saturated heterocycles. The van der Waals surface area contributed by atoms with E-state index in [-0.39, 0.29) is 5.78 Å². The quantitative estimate of drug-likeness (QED) is 0.451. The highest BCUT2D eigenvalue weighted by molar-refractivity contribution is 7.12. The number of anilines is 1. The van der Waals surface area contributed by atoms with Crippen LogP contribution in [0.4, 0.5) is 5.69 Å². The number of carbonyl (C=O) groups excluding carboxylic acids is 1. The fraction of sp³-hybridized carbons (Fsp3) is 0.0556. The third kappa shape index (κ3) is 2.54. The van der Waals surface area contributed by atoms with Crippen LogP contribution in [0.5, 0.6) is 5.75 Å². The lowest BCUT2D eigenvalue weighted by Gasteiger charge is -2.08. The Kier molecular flexibility index (Phi) is 3.70. The average molecular weight is 350 g/mol. The fourth-order valence-electron chi connectivity index (χ4n) is 2.70. The topological polar surface area (TPSA) is 82.5 Å². The molecule has 4 rings (SSSR count). The summed E-state index contributed by atoms with van der Waals surface area (Å²) in [6, 6.07) is 11.0. The Morgan fingerprint density at radius 2 is 2.16 bits per heavy atom. The summed E-state index contributed by atoms with van der Waals surface area (Å²) in [4.78, 5) is 17.7. The van der Waals surface area contributed by atoms with Gasteiger partial charge in [-0.1, -0.05) is 6.07 Å². The van der Waals surface area contributed by atoms with E-state index in [2.05, 4.69) is 10.1 Å². The monoisotopic (exact) mass is 350 g/mol. The van der Waals surface area contributed by atoms with Crippen LogP contribution in [0, 0.1) is 0 Å². The summed E-state index contributed by atoms with van der Waals surface area (Å²) in [7, 11) is 1.58. The van der Waals surface area contributed by atoms with E-state index in [0.29, 0.717) is 27.5 Å². The lowest BCUT2D eigenvalue weighted by atomic mass is 10.1. The maximum Gasteiger partial charge on any atom is 0.208 e. The van der Waals surface area contributed by atoms with Crippen molar-refractivity contribution < 1.29 is 9.53 Å². The second kappa shape index (κ2) is 6.03. The van der Waals surface area contributed by atoms with E-state index in [1.54, 1.807) is 36.2 Å². The Morgan fingerprint density at radius 1 is 1.28 bits per heavy atom. The highest BCUT2D eigenvalue weighted by Crippen LogP contribution is 2.29. The molecule has 0 fully saturated rings. The van der Waals surface area contributed by atoms with Crippen LogP contribution in [0.15, 0.2) is 54.2 Å². The predicted octanol–water partition coefficient (Wildman–Crippen LogP) is 3.28. The van der Waals surface area contributed by atoms with Crippen molar-refractivity contribution in [3.8, 4) is 17.0 Å². The Morgan fingerprint density at radius 3 is 2.88 bits per heavy atom. The lowest BCUT2D eigenvalue weighted by Crippen LogP contribution is -2.01. The number of hydrogen-bond donors (Lipinski definition) is 1. The number of fused-ring (bicyclic) bond motifs is 1. The average Bonchev–Trinajstić information content (AvgIpc) is 3.30. The van der Waals surface area contributed by atoms with Crippen molar-refractivity contribution in [2.45, 2.75) is 0 Å². The minimum absolute atomic E-state index is 0.0797. The SMILES string of the molecule is COc1ccc(-c2ccnc3c(C(=O)c4cccs4)cnn23)cc1N. The number of nitrogens with two attached hydrogens (primary N) is 1. The smallest absolute Gasteiger partial charge is 0.208 e. The highest BCUT2D eigenvalue weighted by Gasteiger charge is 2.18. The molecule has 0 aliphatic heterocycles. The van der Waals surface area contributed by atoms with Crippen molar-refractivity contribution in [3.63, 3.8) is 0 Å². The standard InChI is InChI=1S/C18H14N4O2S/c1-24-15-5-4-11(9-13(15)19)14-6-7-20-18-12(10-21-22(14)18)17(23)16-3-2-8-25-16/h2-10H,19H2,1H3. The summed E-state index contributed by atoms with van der Waals surface area (Å²) >= 11 is 1.40. The van der Waals surface area contributed by atoms with Crippen molar-refractivity contribution in [1.29, 1.82) is 0 Å². The van der Waals surface area contributed by atoms with Gasteiger partial charge in [-0.05, 0) is 35.7 Å². The molecule has 124 valence electrons. The van der Waals surface area contributed by atoms with E-state index >= 15 is 0 Å². The van der Waals surface area contributed by atoms with Crippen molar-refractivity contribution in [3.05, 3.63) is 64.6 Å². The zero-order valence-corrected chi connectivity index (χ0v) is 14.2. The summed E-state index contributed by atoms with van der Waals surface area (Å²) in [5.41, 5.74) is 9.20. The molecule has 0 unspecified atom stereocenters. The molecule has 6 nitrogen and oxygen atoms in total. The molecule has 1 aromatic carbocycles. The van der Waals surface area contributed by atoms with Gasteiger partial charge in [0.2, 0.25) is 5.78 Å². The van der Waals surface area contributed by atoms with E-state index in [4.69, 9.17) is 10.5 Å². The largest absolute Gasteiger partial charge is 0.495 e. The molecule has 25 heavy (non-hydrogen) atoms. The molecule has 4 aromatic rings. The highest BCUT2D eigenvalue weighted by atomic mass is 32.1. The number of nitrogen functional groups attached to an aromatic ring is 1. The second-order valence-electron chi connectivity index (χ2n) is 5.39. The first-order valence-corrected chi connectivity index (χ1v) is 8.42. The molecule has 0 amide bonds. The first-order valence-electron chi connectivity index (χ1n) is 7.54. The Labute approximate surface area is 147 Å². The summed E-state index contributed by atoms with van der Waals surface area (Å²) in [5, 5.41) is 6.24. The molecule has 2 N–H and O–H groups in total. The normalized spacial score (nSPS) is 10.9. The van der Waals surface area contributed by atoms with Crippen molar-refractivity contribution in [1.82, 2.24) is 14.6 Å². The first-order chi connectivity index (χ1) is 12.2. The molecule has 0 saturated carbocycles. The summed E-state index contributed by atoms with van der Waals surface area (Å²) in [6.07, 6.45) is 3.22. The molecule has 3 heterocycles. The summed E-state index contributed by atoms with van der Waals surface area (Å²) in [6.45, 7) is 0. The number of ketones is 1. The molecule has 0 aliphatic rings. The van der Waals surface area contributed by atoms with Crippen LogP contribution in [0.2, 0.25) is 0 Å². The van der Waals surface area contributed by atoms with Crippen LogP contribution in [-0.2, 0) is 0 Å². The van der Waals surface area contributed by atoms with Crippen molar-refractivity contribution >= 4 is 28.5 Å². The molecule has 0 spiro atoms. The lowest BCUT2D eigenvalue weighted by molar-refractivity contribution is 0.104. The number of hydrogen-bond acceptors (Lipinski definition) is 6. The molecule has 0 aliphatic carbocycles. The van der Waals surface area contributed by atoms with Crippen LogP contribution in [0.1, 0.15) is 15.2 Å². The maximum atomic E-state index is 12.6. The van der Waals surface area contributed by atoms with Gasteiger partial charge >= 0.3 is 0 Å². The zero-order chi connectivity index (χ0) is 17.4. The van der Waals surface area contributed by atoms with Gasteiger partial charge in [-0.2, -0.15) is 5.10 Å². The molecule has 0 bridgehead atoms. The third-order valence-corrected chi connectivity index (χ3v) is 4.78. The van der Waals surface area contributed by atoms with Gasteiger partial charge < -0.3 is 10.5 Å². The third-order valence-electron chi connectivity index (χ3n) is 3.92. The Bertz CT molecular complexity index is 1070. The van der Waals surface area contributed by atoms with Gasteiger partial charge in [-0.3, -0.25) is 4.79 Å². The van der Waals surface area contributed by atoms with E-state index in [0.717, 1.165) is 11.3 Å². The van der Waals surface area contributed by atoms with E-state index in [9.17, 15) is 4.79 Å². The van der Waals surface area contributed by atoms with Crippen LogP contribution in [0.25, 0.3) is 16.9 Å². The minimum Gasteiger partial charge on any atom is -0.495 e. The van der Waals surface area contributed by atoms with Gasteiger partial charge in [-0.15, -0.1) is 11.3 Å². The molecular formula is C18H14N4O2S. The number of rotatable bonds is 4. The maximum absolute atomic E-state index is 12.6. The van der Waals surface area contributed by atoms with Gasteiger partial charge in [0, 0.05) is 11.8 Å². The predicted molar refractivity (Wildman–Crippen MR) is 97.1 cm³/mol. The molecule has 0 atom stereocenters. The molecular weight excluding hydrogens is 336 g/mol. The van der Waals surface area contributed by atoms with Gasteiger partial charge in [0.1, 0.15) is 5.75 Å². The number of nitrogens with zero attached hydrogens (tertiary/aromatic N) is 3. The minimum atomic E-state index is -0.0797. The number of thiophene rings is 1. The van der Waals surface area contributed by atoms with Gasteiger partial charge in [-0.25, -0.2) is 9.50 Å². The molecule has 7 heteroatoms. The molecule has 3 aromatic heterocycles. The van der Waals surface area contributed by atoms with Crippen LogP contribution < -0.4 is 10.5 Å². The van der Waals surface area contributed by atoms with Crippen LogP contribution in [-0.4, -0.2) is 27.5 Å². The zero-order valence-electron chi connectivity index (χ0n) is 13.3. The number of ether oxygens (including phenoxy) is 1. The summed E-state index contributed by atoms with van der Waals surface area (Å²) < 4.78 is 6.85. The second-order valence-corrected chi connectivity index (χ2v) is 6.33. The number of methoxy groups -OCH3 is 1. The first kappa shape index (κ1) is 15.3. The van der Waals surface area contributed by atoms with E-state index in [1.807, 2.05) is 29.6 Å². The Hall–Kier alpha value is -3.19. The van der Waals surface area contributed by atoms with Crippen molar-refractivity contribution in [2.24, 2.45) is 0 Å². The number of aromatic nitrogens is 3. The van der Waals surface area contributed by atoms with E-state index < -0.39 is 0 Å². The van der Waals surface area contributed by atoms with Crippen molar-refractivity contribution in [2.75, 3.05) is 12.8 Å². The Balaban J connectivity index is 1.85. The van der Waals surface area contributed by atoms with Gasteiger partial charge in [0.05, 0.1) is 35.1 Å². The van der Waals surface area contributed by atoms with Crippen LogP contribution >= 0.6 is 11.3 Å². The summed E-state index contributed by atoms with van der Waals surface area (Å²) in [5.74, 6) is 0.534.